The van der Waals surface area contributed by atoms with Gasteiger partial charge in [0.25, 0.3) is 0 Å². The molecule has 0 aromatic carbocycles. The summed E-state index contributed by atoms with van der Waals surface area (Å²) in [5.74, 6) is -0.654. The molecule has 0 amide bonds. The number of hydrogen-bond donors (Lipinski definition) is 2. The average Bonchev–Trinajstić information content (AvgIpc) is 2.76. The summed E-state index contributed by atoms with van der Waals surface area (Å²) in [4.78, 5) is 19.1. The maximum absolute atomic E-state index is 10.9. The van der Waals surface area contributed by atoms with Gasteiger partial charge in [-0.15, -0.1) is 0 Å². The minimum absolute atomic E-state index is 0.0197. The van der Waals surface area contributed by atoms with E-state index in [4.69, 9.17) is 9.84 Å². The number of rotatable bonds is 4. The van der Waals surface area contributed by atoms with Crippen molar-refractivity contribution >= 4 is 11.9 Å². The highest BCUT2D eigenvalue weighted by molar-refractivity contribution is 5.85. The number of nitrogens with zero attached hydrogens (tertiary/aromatic N) is 2. The molecular formula is C12H17N3O3. The Morgan fingerprint density at radius 1 is 1.50 bits per heavy atom. The molecule has 2 rings (SSSR count). The van der Waals surface area contributed by atoms with Crippen molar-refractivity contribution in [2.75, 3.05) is 12.4 Å². The van der Waals surface area contributed by atoms with E-state index in [2.05, 4.69) is 15.3 Å². The monoisotopic (exact) mass is 251 g/mol. The number of carbonyl (C=O) groups is 1. The van der Waals surface area contributed by atoms with E-state index in [1.165, 1.54) is 6.07 Å². The summed E-state index contributed by atoms with van der Waals surface area (Å²) in [6.07, 6.45) is 3.16. The zero-order chi connectivity index (χ0) is 13.1. The van der Waals surface area contributed by atoms with E-state index in [0.717, 1.165) is 19.3 Å². The van der Waals surface area contributed by atoms with Gasteiger partial charge < -0.3 is 15.2 Å². The first-order chi connectivity index (χ1) is 8.58. The van der Waals surface area contributed by atoms with Gasteiger partial charge in [0.2, 0.25) is 5.95 Å². The lowest BCUT2D eigenvalue weighted by molar-refractivity contribution is 0.0690. The van der Waals surface area contributed by atoms with Crippen LogP contribution in [-0.4, -0.2) is 40.3 Å². The molecule has 98 valence electrons. The van der Waals surface area contributed by atoms with Crippen molar-refractivity contribution in [3.8, 4) is 0 Å². The second-order valence-corrected chi connectivity index (χ2v) is 4.54. The predicted octanol–water partition coefficient (Wildman–Crippen LogP) is 1.46. The third-order valence-corrected chi connectivity index (χ3v) is 3.12. The van der Waals surface area contributed by atoms with Crippen LogP contribution >= 0.6 is 0 Å². The number of methoxy groups -OCH3 is 1. The zero-order valence-electron chi connectivity index (χ0n) is 10.5. The molecule has 0 bridgehead atoms. The molecule has 0 saturated heterocycles. The molecule has 6 nitrogen and oxygen atoms in total. The minimum atomic E-state index is -1.04. The largest absolute Gasteiger partial charge is 0.477 e. The molecule has 0 radical (unpaired) electrons. The predicted molar refractivity (Wildman–Crippen MR) is 65.8 cm³/mol. The van der Waals surface area contributed by atoms with Crippen LogP contribution in [0.15, 0.2) is 6.07 Å². The Morgan fingerprint density at radius 3 is 2.89 bits per heavy atom. The van der Waals surface area contributed by atoms with Gasteiger partial charge in [0.05, 0.1) is 6.10 Å². The Balaban J connectivity index is 2.07. The molecule has 1 saturated carbocycles. The lowest BCUT2D eigenvalue weighted by Crippen LogP contribution is -2.20. The summed E-state index contributed by atoms with van der Waals surface area (Å²) in [5, 5.41) is 12.1. The van der Waals surface area contributed by atoms with Crippen molar-refractivity contribution in [2.24, 2.45) is 0 Å². The van der Waals surface area contributed by atoms with Gasteiger partial charge in [-0.2, -0.15) is 0 Å². The molecule has 2 unspecified atom stereocenters. The summed E-state index contributed by atoms with van der Waals surface area (Å²) in [7, 11) is 1.71. The second kappa shape index (κ2) is 5.30. The van der Waals surface area contributed by atoms with E-state index in [0.29, 0.717) is 11.6 Å². The molecule has 18 heavy (non-hydrogen) atoms. The molecule has 1 fully saturated rings. The van der Waals surface area contributed by atoms with Crippen molar-refractivity contribution in [2.45, 2.75) is 38.3 Å². The Kier molecular flexibility index (Phi) is 3.76. The summed E-state index contributed by atoms with van der Waals surface area (Å²) in [6.45, 7) is 1.76. The number of anilines is 1. The molecule has 1 aromatic heterocycles. The number of carboxylic acid groups (broad SMARTS) is 1. The first-order valence-corrected chi connectivity index (χ1v) is 5.97. The lowest BCUT2D eigenvalue weighted by Gasteiger charge is -2.13. The Labute approximate surface area is 105 Å². The van der Waals surface area contributed by atoms with Gasteiger partial charge in [0.1, 0.15) is 0 Å². The van der Waals surface area contributed by atoms with Crippen LogP contribution in [0.1, 0.15) is 35.4 Å². The van der Waals surface area contributed by atoms with Crippen LogP contribution in [0.2, 0.25) is 0 Å². The fraction of sp³-hybridized carbons (Fsp3) is 0.583. The van der Waals surface area contributed by atoms with Gasteiger partial charge in [-0.1, -0.05) is 0 Å². The van der Waals surface area contributed by atoms with Crippen molar-refractivity contribution in [1.82, 2.24) is 9.97 Å². The number of hydrogen-bond acceptors (Lipinski definition) is 5. The molecule has 1 aliphatic carbocycles. The van der Waals surface area contributed by atoms with Crippen LogP contribution < -0.4 is 5.32 Å². The topological polar surface area (TPSA) is 84.3 Å². The third kappa shape index (κ3) is 2.95. The molecule has 1 aliphatic rings. The Bertz CT molecular complexity index is 450. The van der Waals surface area contributed by atoms with Crippen LogP contribution in [0.25, 0.3) is 0 Å². The van der Waals surface area contributed by atoms with Crippen molar-refractivity contribution in [3.05, 3.63) is 17.5 Å². The summed E-state index contributed by atoms with van der Waals surface area (Å²) < 4.78 is 5.29. The van der Waals surface area contributed by atoms with E-state index in [1.807, 2.05) is 0 Å². The van der Waals surface area contributed by atoms with Crippen molar-refractivity contribution < 1.29 is 14.6 Å². The van der Waals surface area contributed by atoms with E-state index < -0.39 is 5.97 Å². The molecule has 0 aliphatic heterocycles. The Hall–Kier alpha value is -1.69. The number of ether oxygens (including phenoxy) is 1. The van der Waals surface area contributed by atoms with Crippen LogP contribution in [-0.2, 0) is 4.74 Å². The highest BCUT2D eigenvalue weighted by Gasteiger charge is 2.25. The van der Waals surface area contributed by atoms with Crippen LogP contribution in [0.3, 0.4) is 0 Å². The molecule has 1 aromatic rings. The zero-order valence-corrected chi connectivity index (χ0v) is 10.5. The molecule has 6 heteroatoms. The van der Waals surface area contributed by atoms with E-state index in [-0.39, 0.29) is 17.8 Å². The molecule has 2 atom stereocenters. The maximum atomic E-state index is 10.9. The van der Waals surface area contributed by atoms with Gasteiger partial charge in [0.15, 0.2) is 5.69 Å². The van der Waals surface area contributed by atoms with Crippen molar-refractivity contribution in [1.29, 1.82) is 0 Å². The number of aryl methyl sites for hydroxylation is 1. The lowest BCUT2D eigenvalue weighted by atomic mass is 10.2. The summed E-state index contributed by atoms with van der Waals surface area (Å²) in [6, 6.07) is 1.71. The fourth-order valence-electron chi connectivity index (χ4n) is 2.21. The van der Waals surface area contributed by atoms with Crippen molar-refractivity contribution in [3.63, 3.8) is 0 Å². The quantitative estimate of drug-likeness (QED) is 0.842. The average molecular weight is 251 g/mol. The maximum Gasteiger partial charge on any atom is 0.354 e. The standard InChI is InChI=1S/C12H17N3O3/c1-7-5-10(11(16)17)15-12(13-7)14-8-3-4-9(6-8)18-2/h5,8-9H,3-4,6H2,1-2H3,(H,16,17)(H,13,14,15). The van der Waals surface area contributed by atoms with Crippen LogP contribution in [0, 0.1) is 6.92 Å². The van der Waals surface area contributed by atoms with E-state index in [1.54, 1.807) is 14.0 Å². The van der Waals surface area contributed by atoms with Gasteiger partial charge in [-0.05, 0) is 32.3 Å². The first kappa shape index (κ1) is 12.8. The molecular weight excluding hydrogens is 234 g/mol. The van der Waals surface area contributed by atoms with E-state index in [9.17, 15) is 4.79 Å². The number of nitrogens with one attached hydrogen (secondary N) is 1. The molecule has 0 spiro atoms. The minimum Gasteiger partial charge on any atom is -0.477 e. The van der Waals surface area contributed by atoms with Gasteiger partial charge in [-0.25, -0.2) is 14.8 Å². The normalized spacial score (nSPS) is 23.0. The van der Waals surface area contributed by atoms with Crippen LogP contribution in [0.5, 0.6) is 0 Å². The molecule has 1 heterocycles. The smallest absolute Gasteiger partial charge is 0.354 e. The second-order valence-electron chi connectivity index (χ2n) is 4.54. The summed E-state index contributed by atoms with van der Waals surface area (Å²) >= 11 is 0. The highest BCUT2D eigenvalue weighted by atomic mass is 16.5. The Morgan fingerprint density at radius 2 is 2.28 bits per heavy atom. The number of aromatic nitrogens is 2. The summed E-state index contributed by atoms with van der Waals surface area (Å²) in [5.41, 5.74) is 0.664. The van der Waals surface area contributed by atoms with E-state index >= 15 is 0 Å². The number of aromatic carboxylic acids is 1. The van der Waals surface area contributed by atoms with Crippen LogP contribution in [0.4, 0.5) is 5.95 Å². The third-order valence-electron chi connectivity index (χ3n) is 3.12. The SMILES string of the molecule is COC1CCC(Nc2nc(C)cc(C(=O)O)n2)C1. The van der Waals surface area contributed by atoms with Gasteiger partial charge >= 0.3 is 5.97 Å². The highest BCUT2D eigenvalue weighted by Crippen LogP contribution is 2.23. The van der Waals surface area contributed by atoms with Gasteiger partial charge in [-0.3, -0.25) is 0 Å². The molecule has 2 N–H and O–H groups in total. The number of carboxylic acids is 1. The first-order valence-electron chi connectivity index (χ1n) is 5.97. The fourth-order valence-corrected chi connectivity index (χ4v) is 2.21. The van der Waals surface area contributed by atoms with Gasteiger partial charge in [0, 0.05) is 18.8 Å².